The number of imide groups is 1. The zero-order valence-corrected chi connectivity index (χ0v) is 24.5. The van der Waals surface area contributed by atoms with E-state index in [9.17, 15) is 19.2 Å². The molecule has 3 aromatic carbocycles. The van der Waals surface area contributed by atoms with Crippen LogP contribution in [0.4, 0.5) is 4.39 Å². The fourth-order valence-electron chi connectivity index (χ4n) is 4.84. The molecular formula is C35H31FN4O4. The highest BCUT2D eigenvalue weighted by molar-refractivity contribution is 6.19. The van der Waals surface area contributed by atoms with Crippen LogP contribution in [0.15, 0.2) is 102 Å². The second kappa shape index (κ2) is 13.8. The first-order chi connectivity index (χ1) is 21.4. The summed E-state index contributed by atoms with van der Waals surface area (Å²) >= 11 is 0. The number of benzene rings is 3. The Hall–Kier alpha value is -5.33. The number of rotatable bonds is 11. The lowest BCUT2D eigenvalue weighted by Gasteiger charge is -2.27. The number of carbonyl (C=O) groups is 2. The maximum Gasteiger partial charge on any atom is 0.271 e. The van der Waals surface area contributed by atoms with Crippen molar-refractivity contribution in [2.45, 2.75) is 26.9 Å². The topological polar surface area (TPSA) is 97.5 Å². The lowest BCUT2D eigenvalue weighted by molar-refractivity contribution is -0.140. The van der Waals surface area contributed by atoms with Gasteiger partial charge in [0.2, 0.25) is 0 Å². The second-order valence-electron chi connectivity index (χ2n) is 10.1. The monoisotopic (exact) mass is 590 g/mol. The molecule has 0 spiro atoms. The minimum Gasteiger partial charge on any atom is -0.489 e. The largest absolute Gasteiger partial charge is 0.489 e. The number of hydrogen-bond acceptors (Lipinski definition) is 6. The normalized spacial score (nSPS) is 14.3. The molecule has 222 valence electrons. The van der Waals surface area contributed by atoms with E-state index in [-0.39, 0.29) is 30.1 Å². The van der Waals surface area contributed by atoms with Gasteiger partial charge in [0.25, 0.3) is 11.8 Å². The fourth-order valence-corrected chi connectivity index (χ4v) is 4.84. The molecule has 0 N–H and O–H groups in total. The fraction of sp³-hybridized carbons (Fsp3) is 0.200. The van der Waals surface area contributed by atoms with Crippen molar-refractivity contribution in [3.8, 4) is 28.8 Å². The summed E-state index contributed by atoms with van der Waals surface area (Å²) in [5.74, 6) is -0.739. The van der Waals surface area contributed by atoms with Gasteiger partial charge < -0.3 is 9.47 Å². The van der Waals surface area contributed by atoms with E-state index in [4.69, 9.17) is 14.6 Å². The predicted molar refractivity (Wildman–Crippen MR) is 164 cm³/mol. The number of ether oxygens (including phenoxy) is 2. The number of nitriles is 1. The minimum atomic E-state index is -0.597. The van der Waals surface area contributed by atoms with Crippen molar-refractivity contribution in [3.05, 3.63) is 119 Å². The molecule has 0 aliphatic carbocycles. The Bertz CT molecular complexity index is 1750. The number of carbonyl (C=O) groups excluding carboxylic acids is 2. The molecule has 0 atom stereocenters. The number of para-hydroxylation sites is 1. The van der Waals surface area contributed by atoms with Gasteiger partial charge in [-0.1, -0.05) is 30.3 Å². The second-order valence-corrected chi connectivity index (χ2v) is 10.1. The van der Waals surface area contributed by atoms with Crippen LogP contribution >= 0.6 is 0 Å². The molecule has 0 saturated heterocycles. The number of hydrogen-bond donors (Lipinski definition) is 0. The van der Waals surface area contributed by atoms with Gasteiger partial charge in [0.05, 0.1) is 11.4 Å². The van der Waals surface area contributed by atoms with Crippen LogP contribution in [0.3, 0.4) is 0 Å². The molecule has 8 nitrogen and oxygen atoms in total. The smallest absolute Gasteiger partial charge is 0.271 e. The molecule has 9 heteroatoms. The van der Waals surface area contributed by atoms with Gasteiger partial charge in [0.15, 0.2) is 0 Å². The summed E-state index contributed by atoms with van der Waals surface area (Å²) in [5, 5.41) is 14.7. The van der Waals surface area contributed by atoms with Crippen LogP contribution in [0.1, 0.15) is 31.4 Å². The summed E-state index contributed by atoms with van der Waals surface area (Å²) in [6.07, 6.45) is 3.97. The summed E-state index contributed by atoms with van der Waals surface area (Å²) in [4.78, 5) is 27.8. The van der Waals surface area contributed by atoms with E-state index >= 15 is 0 Å². The third-order valence-electron chi connectivity index (χ3n) is 7.21. The van der Waals surface area contributed by atoms with Crippen molar-refractivity contribution in [1.82, 2.24) is 14.7 Å². The predicted octanol–water partition coefficient (Wildman–Crippen LogP) is 6.28. The Balaban J connectivity index is 1.50. The molecule has 2 heterocycles. The van der Waals surface area contributed by atoms with Gasteiger partial charge in [-0.2, -0.15) is 10.4 Å². The summed E-state index contributed by atoms with van der Waals surface area (Å²) in [6, 6.07) is 25.1. The molecule has 0 unspecified atom stereocenters. The third-order valence-corrected chi connectivity index (χ3v) is 7.21. The Morgan fingerprint density at radius 2 is 1.70 bits per heavy atom. The van der Waals surface area contributed by atoms with E-state index in [1.165, 1.54) is 12.1 Å². The molecule has 0 saturated carbocycles. The minimum absolute atomic E-state index is 0.0630. The molecule has 1 aliphatic heterocycles. The number of halogens is 1. The van der Waals surface area contributed by atoms with Crippen LogP contribution in [0.5, 0.6) is 5.75 Å². The molecule has 1 aromatic heterocycles. The van der Waals surface area contributed by atoms with Gasteiger partial charge in [0, 0.05) is 42.7 Å². The first-order valence-corrected chi connectivity index (χ1v) is 14.3. The zero-order chi connectivity index (χ0) is 31.1. The van der Waals surface area contributed by atoms with Crippen molar-refractivity contribution in [3.63, 3.8) is 0 Å². The van der Waals surface area contributed by atoms with Crippen LogP contribution in [0, 0.1) is 17.1 Å². The first kappa shape index (κ1) is 30.1. The van der Waals surface area contributed by atoms with E-state index in [1.807, 2.05) is 73.8 Å². The lowest BCUT2D eigenvalue weighted by atomic mass is 9.93. The van der Waals surface area contributed by atoms with Gasteiger partial charge in [-0.25, -0.2) is 9.07 Å². The van der Waals surface area contributed by atoms with Crippen molar-refractivity contribution in [2.24, 2.45) is 0 Å². The average Bonchev–Trinajstić information content (AvgIpc) is 3.47. The zero-order valence-electron chi connectivity index (χ0n) is 24.5. The Morgan fingerprint density at radius 1 is 0.977 bits per heavy atom. The maximum absolute atomic E-state index is 13.6. The van der Waals surface area contributed by atoms with Crippen molar-refractivity contribution < 1.29 is 23.5 Å². The average molecular weight is 591 g/mol. The summed E-state index contributed by atoms with van der Waals surface area (Å²) < 4.78 is 26.2. The van der Waals surface area contributed by atoms with Gasteiger partial charge in [0.1, 0.15) is 29.8 Å². The molecule has 44 heavy (non-hydrogen) atoms. The summed E-state index contributed by atoms with van der Waals surface area (Å²) in [5.41, 5.74) is 4.20. The van der Waals surface area contributed by atoms with Gasteiger partial charge in [-0.3, -0.25) is 14.5 Å². The van der Waals surface area contributed by atoms with E-state index in [0.717, 1.165) is 21.7 Å². The molecule has 2 amide bonds. The molecular weight excluding hydrogens is 559 g/mol. The van der Waals surface area contributed by atoms with E-state index in [1.54, 1.807) is 29.8 Å². The van der Waals surface area contributed by atoms with E-state index in [0.29, 0.717) is 42.2 Å². The van der Waals surface area contributed by atoms with Crippen LogP contribution < -0.4 is 4.74 Å². The Morgan fingerprint density at radius 3 is 2.39 bits per heavy atom. The van der Waals surface area contributed by atoms with Gasteiger partial charge in [-0.05, 0) is 86.0 Å². The van der Waals surface area contributed by atoms with Gasteiger partial charge >= 0.3 is 0 Å². The molecule has 0 radical (unpaired) electrons. The Labute approximate surface area is 255 Å². The summed E-state index contributed by atoms with van der Waals surface area (Å²) in [6.45, 7) is 4.85. The van der Waals surface area contributed by atoms with Gasteiger partial charge in [-0.15, -0.1) is 0 Å². The number of aromatic nitrogens is 2. The van der Waals surface area contributed by atoms with Crippen molar-refractivity contribution in [1.29, 1.82) is 5.26 Å². The third kappa shape index (κ3) is 6.66. The first-order valence-electron chi connectivity index (χ1n) is 14.3. The lowest BCUT2D eigenvalue weighted by Crippen LogP contribution is -2.43. The van der Waals surface area contributed by atoms with Crippen molar-refractivity contribution >= 4 is 17.9 Å². The van der Waals surface area contributed by atoms with Crippen LogP contribution in [0.25, 0.3) is 23.0 Å². The Kier molecular flexibility index (Phi) is 9.43. The van der Waals surface area contributed by atoms with Crippen molar-refractivity contribution in [2.75, 3.05) is 19.8 Å². The number of amides is 2. The molecule has 1 aliphatic rings. The highest BCUT2D eigenvalue weighted by atomic mass is 19.1. The standard InChI is InChI=1S/C35H31FN4O4/c1-3-43-19-7-18-39-34(41)31(24(2)32(21-37)35(39)42)20-27-22-40(29-8-5-4-6-9-29)38-33(27)26-12-16-30(17-13-26)44-23-25-10-14-28(36)15-11-25/h4-6,8-17,20,22H,3,7,18-19,23H2,1-2H3/b31-20+. The van der Waals surface area contributed by atoms with Crippen LogP contribution in [0.2, 0.25) is 0 Å². The molecule has 5 rings (SSSR count). The van der Waals surface area contributed by atoms with Crippen LogP contribution in [-0.4, -0.2) is 46.3 Å². The SMILES string of the molecule is CCOCCCN1C(=O)C(C#N)=C(C)/C(=C\c2cn(-c3ccccc3)nc2-c2ccc(OCc3ccc(F)cc3)cc2)C1=O. The maximum atomic E-state index is 13.6. The molecule has 0 fully saturated rings. The van der Waals surface area contributed by atoms with E-state index < -0.39 is 11.8 Å². The molecule has 4 aromatic rings. The highest BCUT2D eigenvalue weighted by Crippen LogP contribution is 2.32. The van der Waals surface area contributed by atoms with E-state index in [2.05, 4.69) is 0 Å². The number of nitrogens with zero attached hydrogens (tertiary/aromatic N) is 4. The highest BCUT2D eigenvalue weighted by Gasteiger charge is 2.35. The quantitative estimate of drug-likeness (QED) is 0.116. The summed E-state index contributed by atoms with van der Waals surface area (Å²) in [7, 11) is 0. The van der Waals surface area contributed by atoms with Crippen LogP contribution in [-0.2, 0) is 20.9 Å². The molecule has 0 bridgehead atoms.